The molecule has 0 aromatic rings. The van der Waals surface area contributed by atoms with Gasteiger partial charge in [0.25, 0.3) is 0 Å². The molecule has 0 aromatic carbocycles. The van der Waals surface area contributed by atoms with E-state index in [4.69, 9.17) is 0 Å². The molecule has 0 saturated carbocycles. The van der Waals surface area contributed by atoms with Gasteiger partial charge in [0, 0.05) is 0 Å². The van der Waals surface area contributed by atoms with Gasteiger partial charge in [-0.25, -0.2) is 0 Å². The van der Waals surface area contributed by atoms with Crippen LogP contribution in [0.4, 0.5) is 0 Å². The Bertz CT molecular complexity index is 476. The molecule has 0 unspecified atom stereocenters. The van der Waals surface area contributed by atoms with Crippen molar-refractivity contribution in [3.8, 4) is 0 Å². The third kappa shape index (κ3) is 2.82. The van der Waals surface area contributed by atoms with Gasteiger partial charge in [-0.2, -0.15) is 0 Å². The molecule has 0 N–H and O–H groups in total. The van der Waals surface area contributed by atoms with Crippen LogP contribution < -0.4 is 0 Å². The molecule has 2 aliphatic carbocycles. The summed E-state index contributed by atoms with van der Waals surface area (Å²) in [6, 6.07) is 0. The first kappa shape index (κ1) is 15.2. The van der Waals surface area contributed by atoms with Gasteiger partial charge in [0.2, 0.25) is 0 Å². The van der Waals surface area contributed by atoms with Gasteiger partial charge in [-0.1, -0.05) is 0 Å². The average Bonchev–Trinajstić information content (AvgIpc) is 2.83. The Hall–Kier alpha value is -0.157. The summed E-state index contributed by atoms with van der Waals surface area (Å²) in [5.41, 5.74) is 9.90. The van der Waals surface area contributed by atoms with E-state index in [0.717, 1.165) is 0 Å². The molecule has 0 bridgehead atoms. The van der Waals surface area contributed by atoms with Crippen molar-refractivity contribution in [2.45, 2.75) is 67.2 Å². The number of allylic oxidation sites excluding steroid dienone is 8. The van der Waals surface area contributed by atoms with Crippen LogP contribution in [0.25, 0.3) is 0 Å². The average molecular weight is 334 g/mol. The molecule has 0 radical (unpaired) electrons. The summed E-state index contributed by atoms with van der Waals surface area (Å²) in [6.45, 7) is 14.0. The second kappa shape index (κ2) is 6.08. The number of rotatable bonds is 4. The predicted molar refractivity (Wildman–Crippen MR) is 80.6 cm³/mol. The van der Waals surface area contributed by atoms with Crippen LogP contribution in [0.5, 0.6) is 0 Å². The number of hydrogen-bond donors (Lipinski definition) is 0. The van der Waals surface area contributed by atoms with Crippen molar-refractivity contribution in [2.75, 3.05) is 0 Å². The number of hydrogen-bond acceptors (Lipinski definition) is 0. The molecule has 19 heavy (non-hydrogen) atoms. The normalized spacial score (nSPS) is 20.3. The monoisotopic (exact) mass is 332 g/mol. The van der Waals surface area contributed by atoms with Gasteiger partial charge in [0.05, 0.1) is 0 Å². The van der Waals surface area contributed by atoms with E-state index in [1.807, 2.05) is 6.56 Å². The Labute approximate surface area is 130 Å². The molecule has 0 nitrogen and oxygen atoms in total. The van der Waals surface area contributed by atoms with Crippen molar-refractivity contribution < 1.29 is 23.2 Å². The van der Waals surface area contributed by atoms with Gasteiger partial charge < -0.3 is 0 Å². The van der Waals surface area contributed by atoms with Crippen LogP contribution in [0.2, 0.25) is 0 Å². The molecular weight excluding hydrogens is 307 g/mol. The molecule has 1 heteroatoms. The maximum absolute atomic E-state index is 2.36. The van der Waals surface area contributed by atoms with Crippen LogP contribution in [0.1, 0.15) is 67.2 Å². The summed E-state index contributed by atoms with van der Waals surface area (Å²) in [4.78, 5) is 0. The molecule has 0 amide bonds. The molecule has 0 saturated heterocycles. The van der Waals surface area contributed by atoms with Crippen LogP contribution >= 0.6 is 0 Å². The summed E-state index contributed by atoms with van der Waals surface area (Å²) >= 11 is -0.516. The fraction of sp³-hybridized carbons (Fsp3) is 0.556. The molecule has 0 aromatic heterocycles. The predicted octanol–water partition coefficient (Wildman–Crippen LogP) is 5.88. The first-order chi connectivity index (χ1) is 8.99. The zero-order valence-electron chi connectivity index (χ0n) is 13.3. The second-order valence-corrected chi connectivity index (χ2v) is 9.43. The Morgan fingerprint density at radius 2 is 1.05 bits per heavy atom. The SMILES string of the molecule is CCC1=C(C)C(C)=[C]([Zr][C]2=C(C)C(C)=C(CC)C2)C1. The minimum absolute atomic E-state index is 0.516. The molecule has 0 atom stereocenters. The summed E-state index contributed by atoms with van der Waals surface area (Å²) in [7, 11) is 0. The third-order valence-corrected chi connectivity index (χ3v) is 9.22. The van der Waals surface area contributed by atoms with Crippen molar-refractivity contribution in [3.05, 3.63) is 40.0 Å². The molecule has 0 fully saturated rings. The summed E-state index contributed by atoms with van der Waals surface area (Å²) in [5, 5.41) is 0. The van der Waals surface area contributed by atoms with E-state index in [1.165, 1.54) is 25.7 Å². The van der Waals surface area contributed by atoms with E-state index in [1.54, 1.807) is 33.4 Å². The summed E-state index contributed by atoms with van der Waals surface area (Å²) in [6.07, 6.45) is 5.08. The van der Waals surface area contributed by atoms with Crippen LogP contribution in [0, 0.1) is 0 Å². The summed E-state index contributed by atoms with van der Waals surface area (Å²) < 4.78 is 3.69. The van der Waals surface area contributed by atoms with E-state index in [2.05, 4.69) is 41.5 Å². The van der Waals surface area contributed by atoms with Gasteiger partial charge in [-0.15, -0.1) is 0 Å². The fourth-order valence-corrected chi connectivity index (χ4v) is 7.40. The van der Waals surface area contributed by atoms with Gasteiger partial charge >= 0.3 is 130 Å². The molecule has 0 spiro atoms. The van der Waals surface area contributed by atoms with E-state index in [-0.39, 0.29) is 0 Å². The van der Waals surface area contributed by atoms with Crippen molar-refractivity contribution in [1.29, 1.82) is 0 Å². The first-order valence-corrected chi connectivity index (χ1v) is 9.99. The van der Waals surface area contributed by atoms with E-state index in [9.17, 15) is 0 Å². The maximum atomic E-state index is 2.36. The Kier molecular flexibility index (Phi) is 4.88. The van der Waals surface area contributed by atoms with E-state index < -0.39 is 23.2 Å². The first-order valence-electron chi connectivity index (χ1n) is 7.54. The van der Waals surface area contributed by atoms with Crippen LogP contribution in [-0.4, -0.2) is 0 Å². The van der Waals surface area contributed by atoms with Crippen molar-refractivity contribution >= 4 is 0 Å². The topological polar surface area (TPSA) is 0 Å². The van der Waals surface area contributed by atoms with Crippen molar-refractivity contribution in [3.63, 3.8) is 0 Å². The van der Waals surface area contributed by atoms with Gasteiger partial charge in [-0.3, -0.25) is 0 Å². The van der Waals surface area contributed by atoms with Gasteiger partial charge in [0.1, 0.15) is 0 Å². The molecular formula is C18H26Zr. The molecule has 0 aliphatic heterocycles. The third-order valence-electron chi connectivity index (χ3n) is 5.03. The van der Waals surface area contributed by atoms with Crippen LogP contribution in [-0.2, 0) is 23.2 Å². The van der Waals surface area contributed by atoms with Crippen LogP contribution in [0.15, 0.2) is 40.0 Å². The minimum atomic E-state index is -0.516. The summed E-state index contributed by atoms with van der Waals surface area (Å²) in [5.74, 6) is 0. The molecule has 102 valence electrons. The van der Waals surface area contributed by atoms with E-state index >= 15 is 0 Å². The second-order valence-electron chi connectivity index (χ2n) is 5.85. The fourth-order valence-electron chi connectivity index (χ4n) is 3.18. The molecule has 2 aliphatic rings. The van der Waals surface area contributed by atoms with Gasteiger partial charge in [-0.05, 0) is 0 Å². The van der Waals surface area contributed by atoms with E-state index in [0.29, 0.717) is 0 Å². The van der Waals surface area contributed by atoms with Crippen LogP contribution in [0.3, 0.4) is 0 Å². The standard InChI is InChI=1S/2C9H13.Zr/c2*1-4-9-6-5-7(2)8(9)3;/h2*4,6H2,1-3H3;. The van der Waals surface area contributed by atoms with Crippen molar-refractivity contribution in [2.24, 2.45) is 0 Å². The van der Waals surface area contributed by atoms with Crippen molar-refractivity contribution in [1.82, 2.24) is 0 Å². The zero-order chi connectivity index (χ0) is 14.2. The Morgan fingerprint density at radius 1 is 0.684 bits per heavy atom. The molecule has 2 rings (SSSR count). The Balaban J connectivity index is 2.15. The van der Waals surface area contributed by atoms with Gasteiger partial charge in [0.15, 0.2) is 0 Å². The zero-order valence-corrected chi connectivity index (χ0v) is 15.8. The Morgan fingerprint density at radius 3 is 1.32 bits per heavy atom. The molecule has 0 heterocycles. The quantitative estimate of drug-likeness (QED) is 0.603.